The summed E-state index contributed by atoms with van der Waals surface area (Å²) in [6.07, 6.45) is -0.565. The Bertz CT molecular complexity index is 562. The second-order valence-corrected chi connectivity index (χ2v) is 5.95. The van der Waals surface area contributed by atoms with Crippen molar-refractivity contribution in [1.82, 2.24) is 0 Å². The molecule has 0 aliphatic rings. The van der Waals surface area contributed by atoms with Crippen LogP contribution in [0.4, 0.5) is 5.69 Å². The minimum Gasteiger partial charge on any atom is -0.389 e. The zero-order valence-corrected chi connectivity index (χ0v) is 13.8. The summed E-state index contributed by atoms with van der Waals surface area (Å²) in [7, 11) is 0. The van der Waals surface area contributed by atoms with Gasteiger partial charge in [0.2, 0.25) is 0 Å². The van der Waals surface area contributed by atoms with Crippen LogP contribution in [0.25, 0.3) is 0 Å². The lowest BCUT2D eigenvalue weighted by Gasteiger charge is -2.14. The van der Waals surface area contributed by atoms with Gasteiger partial charge in [-0.05, 0) is 45.8 Å². The van der Waals surface area contributed by atoms with Gasteiger partial charge in [-0.2, -0.15) is 0 Å². The summed E-state index contributed by atoms with van der Waals surface area (Å²) in [6, 6.07) is 15.3. The Balaban J connectivity index is 1.69. The Hall–Kier alpha value is -1.07. The first-order chi connectivity index (χ1) is 10.1. The van der Waals surface area contributed by atoms with Crippen molar-refractivity contribution < 1.29 is 9.84 Å². The molecule has 0 bridgehead atoms. The summed E-state index contributed by atoms with van der Waals surface area (Å²) in [6.45, 7) is 1.17. The predicted octanol–water partition coefficient (Wildman–Crippen LogP) is 4.09. The Kier molecular flexibility index (Phi) is 6.51. The highest BCUT2D eigenvalue weighted by Crippen LogP contribution is 2.20. The van der Waals surface area contributed by atoms with Gasteiger partial charge in [0.1, 0.15) is 0 Å². The minimum absolute atomic E-state index is 0.278. The topological polar surface area (TPSA) is 41.5 Å². The second kappa shape index (κ2) is 8.39. The van der Waals surface area contributed by atoms with Gasteiger partial charge >= 0.3 is 0 Å². The summed E-state index contributed by atoms with van der Waals surface area (Å²) in [5.74, 6) is 0. The van der Waals surface area contributed by atoms with Gasteiger partial charge in [0.15, 0.2) is 0 Å². The van der Waals surface area contributed by atoms with E-state index in [9.17, 15) is 5.11 Å². The van der Waals surface area contributed by atoms with Crippen LogP contribution in [-0.2, 0) is 11.3 Å². The molecule has 0 amide bonds. The molecule has 0 saturated heterocycles. The molecule has 21 heavy (non-hydrogen) atoms. The first kappa shape index (κ1) is 16.3. The van der Waals surface area contributed by atoms with E-state index in [-0.39, 0.29) is 6.61 Å². The fourth-order valence-corrected chi connectivity index (χ4v) is 2.34. The number of aliphatic hydroxyl groups excluding tert-OH is 1. The molecule has 0 aromatic heterocycles. The number of hydrogen-bond donors (Lipinski definition) is 2. The molecule has 2 aromatic rings. The predicted molar refractivity (Wildman–Crippen MR) is 89.7 cm³/mol. The average molecular weight is 371 g/mol. The number of ether oxygens (including phenoxy) is 1. The van der Waals surface area contributed by atoms with Crippen LogP contribution in [0.1, 0.15) is 5.56 Å². The summed E-state index contributed by atoms with van der Waals surface area (Å²) >= 11 is 9.26. The molecule has 2 rings (SSSR count). The molecular formula is C16H17BrClNO2. The lowest BCUT2D eigenvalue weighted by molar-refractivity contribution is 0.0348. The number of para-hydroxylation sites is 1. The lowest BCUT2D eigenvalue weighted by Crippen LogP contribution is -2.24. The van der Waals surface area contributed by atoms with Gasteiger partial charge in [-0.3, -0.25) is 0 Å². The molecule has 3 nitrogen and oxygen atoms in total. The highest BCUT2D eigenvalue weighted by molar-refractivity contribution is 9.10. The third kappa shape index (κ3) is 5.67. The number of nitrogens with one attached hydrogen (secondary N) is 1. The Labute approximate surface area is 138 Å². The van der Waals surface area contributed by atoms with E-state index in [1.54, 1.807) is 0 Å². The van der Waals surface area contributed by atoms with E-state index in [1.165, 1.54) is 0 Å². The highest BCUT2D eigenvalue weighted by Gasteiger charge is 2.06. The zero-order chi connectivity index (χ0) is 15.1. The first-order valence-corrected chi connectivity index (χ1v) is 7.81. The maximum atomic E-state index is 9.90. The van der Waals surface area contributed by atoms with Gasteiger partial charge in [-0.15, -0.1) is 0 Å². The Morgan fingerprint density at radius 1 is 1.14 bits per heavy atom. The number of benzene rings is 2. The highest BCUT2D eigenvalue weighted by atomic mass is 79.9. The van der Waals surface area contributed by atoms with Crippen molar-refractivity contribution in [2.24, 2.45) is 0 Å². The molecule has 0 saturated carbocycles. The van der Waals surface area contributed by atoms with Gasteiger partial charge < -0.3 is 15.2 Å². The minimum atomic E-state index is -0.565. The van der Waals surface area contributed by atoms with E-state index >= 15 is 0 Å². The molecule has 2 N–H and O–H groups in total. The van der Waals surface area contributed by atoms with E-state index in [1.807, 2.05) is 48.5 Å². The van der Waals surface area contributed by atoms with Crippen molar-refractivity contribution in [3.63, 3.8) is 0 Å². The summed E-state index contributed by atoms with van der Waals surface area (Å²) < 4.78 is 6.47. The van der Waals surface area contributed by atoms with E-state index in [0.717, 1.165) is 15.7 Å². The number of hydrogen-bond acceptors (Lipinski definition) is 3. The standard InChI is InChI=1S/C16H17BrClNO2/c17-15-3-1-2-4-16(15)19-9-14(20)11-21-10-12-5-7-13(18)8-6-12/h1-8,14,19-20H,9-11H2. The molecule has 0 spiro atoms. The van der Waals surface area contributed by atoms with Crippen molar-refractivity contribution >= 4 is 33.2 Å². The van der Waals surface area contributed by atoms with Crippen LogP contribution in [0.15, 0.2) is 53.0 Å². The van der Waals surface area contributed by atoms with Gasteiger partial charge in [-0.1, -0.05) is 35.9 Å². The van der Waals surface area contributed by atoms with Crippen LogP contribution in [-0.4, -0.2) is 24.4 Å². The number of halogens is 2. The zero-order valence-electron chi connectivity index (χ0n) is 11.4. The lowest BCUT2D eigenvalue weighted by atomic mass is 10.2. The number of rotatable bonds is 7. The molecular weight excluding hydrogens is 354 g/mol. The molecule has 0 fully saturated rings. The molecule has 0 heterocycles. The third-order valence-corrected chi connectivity index (χ3v) is 3.84. The number of aliphatic hydroxyl groups is 1. The molecule has 1 atom stereocenters. The van der Waals surface area contributed by atoms with Crippen LogP contribution in [0.2, 0.25) is 5.02 Å². The summed E-state index contributed by atoms with van der Waals surface area (Å²) in [4.78, 5) is 0. The van der Waals surface area contributed by atoms with Crippen LogP contribution in [0.3, 0.4) is 0 Å². The largest absolute Gasteiger partial charge is 0.389 e. The van der Waals surface area contributed by atoms with Crippen LogP contribution in [0.5, 0.6) is 0 Å². The van der Waals surface area contributed by atoms with Crippen molar-refractivity contribution in [3.05, 3.63) is 63.6 Å². The smallest absolute Gasteiger partial charge is 0.0945 e. The fraction of sp³-hybridized carbons (Fsp3) is 0.250. The molecule has 0 aliphatic heterocycles. The van der Waals surface area contributed by atoms with Gasteiger partial charge in [0.25, 0.3) is 0 Å². The van der Waals surface area contributed by atoms with Crippen molar-refractivity contribution in [2.75, 3.05) is 18.5 Å². The third-order valence-electron chi connectivity index (χ3n) is 2.89. The SMILES string of the molecule is OC(CNc1ccccc1Br)COCc1ccc(Cl)cc1. The second-order valence-electron chi connectivity index (χ2n) is 4.66. The van der Waals surface area contributed by atoms with E-state index < -0.39 is 6.10 Å². The summed E-state index contributed by atoms with van der Waals surface area (Å²) in [5.41, 5.74) is 1.99. The number of anilines is 1. The van der Waals surface area contributed by atoms with Crippen LogP contribution in [0, 0.1) is 0 Å². The van der Waals surface area contributed by atoms with E-state index in [0.29, 0.717) is 18.2 Å². The van der Waals surface area contributed by atoms with Crippen LogP contribution < -0.4 is 5.32 Å². The Morgan fingerprint density at radius 3 is 2.57 bits per heavy atom. The molecule has 1 unspecified atom stereocenters. The van der Waals surface area contributed by atoms with Crippen molar-refractivity contribution in [1.29, 1.82) is 0 Å². The quantitative estimate of drug-likeness (QED) is 0.771. The van der Waals surface area contributed by atoms with Crippen LogP contribution >= 0.6 is 27.5 Å². The average Bonchev–Trinajstić information content (AvgIpc) is 2.48. The van der Waals surface area contributed by atoms with E-state index in [4.69, 9.17) is 16.3 Å². The molecule has 5 heteroatoms. The monoisotopic (exact) mass is 369 g/mol. The normalized spacial score (nSPS) is 12.1. The maximum Gasteiger partial charge on any atom is 0.0945 e. The van der Waals surface area contributed by atoms with Crippen molar-refractivity contribution in [2.45, 2.75) is 12.7 Å². The van der Waals surface area contributed by atoms with Gasteiger partial charge in [0.05, 0.1) is 19.3 Å². The maximum absolute atomic E-state index is 9.90. The fourth-order valence-electron chi connectivity index (χ4n) is 1.78. The summed E-state index contributed by atoms with van der Waals surface area (Å²) in [5, 5.41) is 13.8. The molecule has 0 aliphatic carbocycles. The molecule has 0 radical (unpaired) electrons. The molecule has 2 aromatic carbocycles. The van der Waals surface area contributed by atoms with E-state index in [2.05, 4.69) is 21.2 Å². The van der Waals surface area contributed by atoms with Gasteiger partial charge in [-0.25, -0.2) is 0 Å². The molecule has 112 valence electrons. The van der Waals surface area contributed by atoms with Gasteiger partial charge in [0, 0.05) is 21.7 Å². The first-order valence-electron chi connectivity index (χ1n) is 6.64. The Morgan fingerprint density at radius 2 is 1.86 bits per heavy atom. The van der Waals surface area contributed by atoms with Crippen molar-refractivity contribution in [3.8, 4) is 0 Å².